The Morgan fingerprint density at radius 1 is 1.26 bits per heavy atom. The molecule has 0 radical (unpaired) electrons. The minimum Gasteiger partial charge on any atom is -0.376 e. The second-order valence-corrected chi connectivity index (χ2v) is 5.49. The SMILES string of the molecule is CC.CC(C)C(C)(C=O)c1cccc(Cl)c1N(C)C. The van der Waals surface area contributed by atoms with E-state index in [1.807, 2.05) is 58.0 Å². The Kier molecular flexibility index (Phi) is 7.14. The smallest absolute Gasteiger partial charge is 0.130 e. The van der Waals surface area contributed by atoms with Gasteiger partial charge in [0.2, 0.25) is 0 Å². The van der Waals surface area contributed by atoms with Gasteiger partial charge in [0.15, 0.2) is 0 Å². The molecule has 0 spiro atoms. The van der Waals surface area contributed by atoms with Gasteiger partial charge in [0.25, 0.3) is 0 Å². The van der Waals surface area contributed by atoms with Crippen molar-refractivity contribution in [1.82, 2.24) is 0 Å². The zero-order valence-electron chi connectivity index (χ0n) is 13.1. The highest BCUT2D eigenvalue weighted by molar-refractivity contribution is 6.33. The predicted octanol–water partition coefficient (Wildman–Crippen LogP) is 4.54. The molecule has 0 aliphatic heterocycles. The molecule has 1 atom stereocenters. The number of carbonyl (C=O) groups is 1. The first-order chi connectivity index (χ1) is 8.84. The van der Waals surface area contributed by atoms with Crippen LogP contribution < -0.4 is 4.90 Å². The summed E-state index contributed by atoms with van der Waals surface area (Å²) in [6.45, 7) is 10.1. The van der Waals surface area contributed by atoms with Gasteiger partial charge in [-0.1, -0.05) is 51.4 Å². The van der Waals surface area contributed by atoms with Gasteiger partial charge in [-0.15, -0.1) is 0 Å². The highest BCUT2D eigenvalue weighted by atomic mass is 35.5. The molecule has 0 aliphatic rings. The van der Waals surface area contributed by atoms with Gasteiger partial charge < -0.3 is 9.69 Å². The van der Waals surface area contributed by atoms with E-state index in [4.69, 9.17) is 11.6 Å². The molecular weight excluding hydrogens is 258 g/mol. The minimum absolute atomic E-state index is 0.220. The number of para-hydroxylation sites is 1. The summed E-state index contributed by atoms with van der Waals surface area (Å²) < 4.78 is 0. The van der Waals surface area contributed by atoms with E-state index in [1.54, 1.807) is 0 Å². The Morgan fingerprint density at radius 3 is 2.16 bits per heavy atom. The van der Waals surface area contributed by atoms with Gasteiger partial charge in [0.05, 0.1) is 16.1 Å². The largest absolute Gasteiger partial charge is 0.376 e. The number of hydrogen-bond donors (Lipinski definition) is 0. The van der Waals surface area contributed by atoms with Crippen molar-refractivity contribution in [2.24, 2.45) is 5.92 Å². The second kappa shape index (κ2) is 7.54. The molecule has 1 aromatic carbocycles. The lowest BCUT2D eigenvalue weighted by molar-refractivity contribution is -0.113. The van der Waals surface area contributed by atoms with E-state index >= 15 is 0 Å². The van der Waals surface area contributed by atoms with Crippen molar-refractivity contribution in [2.75, 3.05) is 19.0 Å². The van der Waals surface area contributed by atoms with Crippen molar-refractivity contribution in [3.8, 4) is 0 Å². The highest BCUT2D eigenvalue weighted by Gasteiger charge is 2.33. The second-order valence-electron chi connectivity index (χ2n) is 5.09. The van der Waals surface area contributed by atoms with Gasteiger partial charge in [-0.05, 0) is 24.5 Å². The van der Waals surface area contributed by atoms with Crippen molar-refractivity contribution >= 4 is 23.6 Å². The molecule has 1 unspecified atom stereocenters. The molecule has 0 N–H and O–H groups in total. The van der Waals surface area contributed by atoms with Crippen LogP contribution in [0.4, 0.5) is 5.69 Å². The maximum Gasteiger partial charge on any atom is 0.130 e. The molecule has 1 rings (SSSR count). The van der Waals surface area contributed by atoms with Crippen molar-refractivity contribution in [1.29, 1.82) is 0 Å². The molecule has 0 aliphatic carbocycles. The van der Waals surface area contributed by atoms with Crippen LogP contribution in [0.3, 0.4) is 0 Å². The average molecular weight is 284 g/mol. The fourth-order valence-corrected chi connectivity index (χ4v) is 2.26. The van der Waals surface area contributed by atoms with E-state index in [0.29, 0.717) is 5.02 Å². The van der Waals surface area contributed by atoms with E-state index in [1.165, 1.54) is 0 Å². The van der Waals surface area contributed by atoms with Crippen LogP contribution >= 0.6 is 11.6 Å². The van der Waals surface area contributed by atoms with E-state index in [2.05, 4.69) is 13.8 Å². The lowest BCUT2D eigenvalue weighted by Gasteiger charge is -2.32. The van der Waals surface area contributed by atoms with Gasteiger partial charge in [-0.3, -0.25) is 0 Å². The topological polar surface area (TPSA) is 20.3 Å². The molecular formula is C16H26ClNO. The zero-order chi connectivity index (χ0) is 15.2. The monoisotopic (exact) mass is 283 g/mol. The van der Waals surface area contributed by atoms with Crippen molar-refractivity contribution in [3.05, 3.63) is 28.8 Å². The van der Waals surface area contributed by atoms with Crippen LogP contribution in [0.5, 0.6) is 0 Å². The number of rotatable bonds is 4. The van der Waals surface area contributed by atoms with E-state index < -0.39 is 5.41 Å². The summed E-state index contributed by atoms with van der Waals surface area (Å²) in [4.78, 5) is 13.5. The van der Waals surface area contributed by atoms with Gasteiger partial charge >= 0.3 is 0 Å². The molecule has 0 amide bonds. The number of benzene rings is 1. The molecule has 0 saturated heterocycles. The summed E-state index contributed by atoms with van der Waals surface area (Å²) in [7, 11) is 3.88. The third kappa shape index (κ3) is 3.73. The average Bonchev–Trinajstić information content (AvgIpc) is 2.39. The van der Waals surface area contributed by atoms with Crippen molar-refractivity contribution in [2.45, 2.75) is 40.0 Å². The summed E-state index contributed by atoms with van der Waals surface area (Å²) in [6, 6.07) is 5.73. The number of aldehydes is 1. The summed E-state index contributed by atoms with van der Waals surface area (Å²) >= 11 is 6.23. The normalized spacial score (nSPS) is 13.3. The van der Waals surface area contributed by atoms with Crippen LogP contribution in [0, 0.1) is 5.92 Å². The van der Waals surface area contributed by atoms with Crippen LogP contribution in [0.2, 0.25) is 5.02 Å². The Hall–Kier alpha value is -1.02. The predicted molar refractivity (Wildman–Crippen MR) is 85.4 cm³/mol. The molecule has 1 aromatic rings. The molecule has 0 saturated carbocycles. The van der Waals surface area contributed by atoms with Crippen LogP contribution in [0.25, 0.3) is 0 Å². The van der Waals surface area contributed by atoms with E-state index in [-0.39, 0.29) is 5.92 Å². The number of hydrogen-bond acceptors (Lipinski definition) is 2. The summed E-state index contributed by atoms with van der Waals surface area (Å²) in [5.41, 5.74) is 1.40. The first-order valence-electron chi connectivity index (χ1n) is 6.77. The summed E-state index contributed by atoms with van der Waals surface area (Å²) in [6.07, 6.45) is 1.02. The van der Waals surface area contributed by atoms with E-state index in [9.17, 15) is 4.79 Å². The van der Waals surface area contributed by atoms with Gasteiger partial charge in [-0.2, -0.15) is 0 Å². The molecule has 108 valence electrons. The third-order valence-corrected chi connectivity index (χ3v) is 3.76. The molecule has 19 heavy (non-hydrogen) atoms. The third-order valence-electron chi connectivity index (χ3n) is 3.46. The van der Waals surface area contributed by atoms with Gasteiger partial charge in [0.1, 0.15) is 6.29 Å². The standard InChI is InChI=1S/C14H20ClNO.C2H6/c1-10(2)14(3,9-17)11-7-6-8-12(15)13(11)16(4)5;1-2/h6-10H,1-5H3;1-2H3. The Bertz CT molecular complexity index is 415. The number of anilines is 1. The van der Waals surface area contributed by atoms with E-state index in [0.717, 1.165) is 17.5 Å². The molecule has 0 bridgehead atoms. The van der Waals surface area contributed by atoms with Crippen LogP contribution in [-0.2, 0) is 10.2 Å². The minimum atomic E-state index is -0.509. The molecule has 0 fully saturated rings. The Balaban J connectivity index is 0.00000154. The number of carbonyl (C=O) groups excluding carboxylic acids is 1. The lowest BCUT2D eigenvalue weighted by Crippen LogP contribution is -2.32. The van der Waals surface area contributed by atoms with Gasteiger partial charge in [0, 0.05) is 14.1 Å². The Morgan fingerprint density at radius 2 is 1.79 bits per heavy atom. The van der Waals surface area contributed by atoms with Crippen molar-refractivity contribution < 1.29 is 4.79 Å². The van der Waals surface area contributed by atoms with Crippen LogP contribution in [0.15, 0.2) is 18.2 Å². The first-order valence-corrected chi connectivity index (χ1v) is 7.15. The maximum absolute atomic E-state index is 11.5. The molecule has 3 heteroatoms. The quantitative estimate of drug-likeness (QED) is 0.756. The number of halogens is 1. The highest BCUT2D eigenvalue weighted by Crippen LogP contribution is 2.39. The van der Waals surface area contributed by atoms with Gasteiger partial charge in [-0.25, -0.2) is 0 Å². The molecule has 0 heterocycles. The van der Waals surface area contributed by atoms with Crippen molar-refractivity contribution in [3.63, 3.8) is 0 Å². The first kappa shape index (κ1) is 18.0. The molecule has 0 aromatic heterocycles. The zero-order valence-corrected chi connectivity index (χ0v) is 13.9. The lowest BCUT2D eigenvalue weighted by atomic mass is 9.74. The Labute approximate surface area is 122 Å². The molecule has 2 nitrogen and oxygen atoms in total. The number of nitrogens with zero attached hydrogens (tertiary/aromatic N) is 1. The summed E-state index contributed by atoms with van der Waals surface area (Å²) in [5, 5.41) is 0.682. The van der Waals surface area contributed by atoms with Crippen LogP contribution in [-0.4, -0.2) is 20.4 Å². The van der Waals surface area contributed by atoms with Crippen LogP contribution in [0.1, 0.15) is 40.2 Å². The fourth-order valence-electron chi connectivity index (χ4n) is 1.92. The fraction of sp³-hybridized carbons (Fsp3) is 0.562. The summed E-state index contributed by atoms with van der Waals surface area (Å²) in [5.74, 6) is 0.220. The maximum atomic E-state index is 11.5.